The van der Waals surface area contributed by atoms with E-state index in [1.165, 1.54) is 19.3 Å². The zero-order chi connectivity index (χ0) is 12.8. The van der Waals surface area contributed by atoms with Crippen LogP contribution in [0, 0.1) is 0 Å². The molecule has 19 heavy (non-hydrogen) atoms. The van der Waals surface area contributed by atoms with Gasteiger partial charge in [-0.15, -0.1) is 12.4 Å². The first kappa shape index (κ1) is 16.7. The van der Waals surface area contributed by atoms with Crippen LogP contribution in [0.5, 0.6) is 0 Å². The fourth-order valence-corrected chi connectivity index (χ4v) is 2.85. The van der Waals surface area contributed by atoms with Gasteiger partial charge in [0.15, 0.2) is 0 Å². The zero-order valence-electron chi connectivity index (χ0n) is 11.8. The molecule has 1 aliphatic carbocycles. The van der Waals surface area contributed by atoms with Crippen molar-refractivity contribution in [2.75, 3.05) is 13.1 Å². The molecule has 1 aliphatic heterocycles. The minimum Gasteiger partial charge on any atom is -0.365 e. The Morgan fingerprint density at radius 3 is 2.63 bits per heavy atom. The lowest BCUT2D eigenvalue weighted by Crippen LogP contribution is -2.44. The molecule has 4 nitrogen and oxygen atoms in total. The summed E-state index contributed by atoms with van der Waals surface area (Å²) in [6.07, 6.45) is 7.89. The summed E-state index contributed by atoms with van der Waals surface area (Å²) in [7, 11) is 0. The highest BCUT2D eigenvalue weighted by Gasteiger charge is 2.25. The monoisotopic (exact) mass is 290 g/mol. The molecule has 2 fully saturated rings. The van der Waals surface area contributed by atoms with Gasteiger partial charge in [-0.25, -0.2) is 0 Å². The molecule has 112 valence electrons. The molecule has 0 aromatic heterocycles. The largest absolute Gasteiger partial charge is 0.365 e. The van der Waals surface area contributed by atoms with E-state index in [1.54, 1.807) is 0 Å². The summed E-state index contributed by atoms with van der Waals surface area (Å²) in [5.74, 6) is 0.0803. The summed E-state index contributed by atoms with van der Waals surface area (Å²) in [6.45, 7) is 3.93. The number of hydrogen-bond donors (Lipinski definition) is 2. The summed E-state index contributed by atoms with van der Waals surface area (Å²) in [6, 6.07) is 0.293. The zero-order valence-corrected chi connectivity index (χ0v) is 12.6. The van der Waals surface area contributed by atoms with Gasteiger partial charge in [0.05, 0.1) is 6.10 Å². The van der Waals surface area contributed by atoms with E-state index >= 15 is 0 Å². The van der Waals surface area contributed by atoms with Crippen molar-refractivity contribution in [3.05, 3.63) is 0 Å². The van der Waals surface area contributed by atoms with Crippen molar-refractivity contribution in [3.8, 4) is 0 Å². The normalized spacial score (nSPS) is 25.6. The van der Waals surface area contributed by atoms with Crippen LogP contribution >= 0.6 is 12.4 Å². The van der Waals surface area contributed by atoms with Gasteiger partial charge >= 0.3 is 0 Å². The summed E-state index contributed by atoms with van der Waals surface area (Å²) >= 11 is 0. The Labute approximate surface area is 122 Å². The van der Waals surface area contributed by atoms with Gasteiger partial charge in [-0.3, -0.25) is 4.79 Å². The maximum absolute atomic E-state index is 12.1. The molecule has 2 rings (SSSR count). The van der Waals surface area contributed by atoms with E-state index in [2.05, 4.69) is 10.6 Å². The SMILES string of the molecule is CCC(OC1CCCCC1)C(=O)NC1CCNC1.Cl. The Morgan fingerprint density at radius 2 is 2.05 bits per heavy atom. The topological polar surface area (TPSA) is 50.4 Å². The van der Waals surface area contributed by atoms with Crippen LogP contribution in [-0.2, 0) is 9.53 Å². The quantitative estimate of drug-likeness (QED) is 0.814. The van der Waals surface area contributed by atoms with Gasteiger partial charge in [-0.2, -0.15) is 0 Å². The smallest absolute Gasteiger partial charge is 0.249 e. The number of amides is 1. The van der Waals surface area contributed by atoms with E-state index in [0.29, 0.717) is 12.1 Å². The van der Waals surface area contributed by atoms with E-state index in [4.69, 9.17) is 4.74 Å². The first-order valence-electron chi connectivity index (χ1n) is 7.46. The average molecular weight is 291 g/mol. The van der Waals surface area contributed by atoms with Crippen molar-refractivity contribution in [2.24, 2.45) is 0 Å². The van der Waals surface area contributed by atoms with Crippen LogP contribution in [0.4, 0.5) is 0 Å². The number of nitrogens with one attached hydrogen (secondary N) is 2. The Morgan fingerprint density at radius 1 is 1.32 bits per heavy atom. The molecule has 0 aromatic carbocycles. The van der Waals surface area contributed by atoms with Crippen LogP contribution in [-0.4, -0.2) is 37.2 Å². The van der Waals surface area contributed by atoms with Crippen LogP contribution in [0.25, 0.3) is 0 Å². The predicted octanol–water partition coefficient (Wildman–Crippen LogP) is 2.01. The Kier molecular flexibility index (Phi) is 7.73. The van der Waals surface area contributed by atoms with Gasteiger partial charge in [-0.1, -0.05) is 26.2 Å². The molecule has 2 N–H and O–H groups in total. The Balaban J connectivity index is 0.00000180. The lowest BCUT2D eigenvalue weighted by molar-refractivity contribution is -0.139. The third-order valence-electron chi connectivity index (χ3n) is 3.98. The number of rotatable bonds is 5. The Bertz CT molecular complexity index is 264. The van der Waals surface area contributed by atoms with Gasteiger partial charge < -0.3 is 15.4 Å². The predicted molar refractivity (Wildman–Crippen MR) is 78.7 cm³/mol. The van der Waals surface area contributed by atoms with Gasteiger partial charge in [0.25, 0.3) is 0 Å². The van der Waals surface area contributed by atoms with Crippen molar-refractivity contribution in [1.29, 1.82) is 0 Å². The molecule has 5 heteroatoms. The van der Waals surface area contributed by atoms with Crippen molar-refractivity contribution >= 4 is 18.3 Å². The molecule has 1 amide bonds. The second-order valence-electron chi connectivity index (χ2n) is 5.49. The number of ether oxygens (including phenoxy) is 1. The second kappa shape index (κ2) is 8.77. The fraction of sp³-hybridized carbons (Fsp3) is 0.929. The highest BCUT2D eigenvalue weighted by atomic mass is 35.5. The van der Waals surface area contributed by atoms with E-state index < -0.39 is 0 Å². The molecule has 1 saturated carbocycles. The van der Waals surface area contributed by atoms with Gasteiger partial charge in [0, 0.05) is 12.6 Å². The number of hydrogen-bond acceptors (Lipinski definition) is 3. The summed E-state index contributed by atoms with van der Waals surface area (Å²) in [5.41, 5.74) is 0. The molecule has 2 aliphatic rings. The second-order valence-corrected chi connectivity index (χ2v) is 5.49. The molecular weight excluding hydrogens is 264 g/mol. The van der Waals surface area contributed by atoms with Gasteiger partial charge in [0.2, 0.25) is 5.91 Å². The molecule has 0 radical (unpaired) electrons. The lowest BCUT2D eigenvalue weighted by Gasteiger charge is -2.27. The first-order chi connectivity index (χ1) is 8.79. The van der Waals surface area contributed by atoms with Crippen LogP contribution < -0.4 is 10.6 Å². The number of carbonyl (C=O) groups is 1. The van der Waals surface area contributed by atoms with Crippen LogP contribution in [0.3, 0.4) is 0 Å². The van der Waals surface area contributed by atoms with Crippen LogP contribution in [0.2, 0.25) is 0 Å². The van der Waals surface area contributed by atoms with E-state index in [0.717, 1.165) is 38.8 Å². The summed E-state index contributed by atoms with van der Waals surface area (Å²) in [5, 5.41) is 6.35. The third-order valence-corrected chi connectivity index (χ3v) is 3.98. The Hall–Kier alpha value is -0.320. The molecule has 1 heterocycles. The molecule has 1 saturated heterocycles. The van der Waals surface area contributed by atoms with E-state index in [-0.39, 0.29) is 24.4 Å². The van der Waals surface area contributed by atoms with E-state index in [1.807, 2.05) is 6.92 Å². The van der Waals surface area contributed by atoms with Gasteiger partial charge in [0.1, 0.15) is 6.10 Å². The molecule has 2 atom stereocenters. The molecule has 2 unspecified atom stereocenters. The standard InChI is InChI=1S/C14H26N2O2.ClH/c1-2-13(18-12-6-4-3-5-7-12)14(17)16-11-8-9-15-10-11;/h11-13,15H,2-10H2,1H3,(H,16,17);1H. The van der Waals surface area contributed by atoms with Gasteiger partial charge in [-0.05, 0) is 32.2 Å². The highest BCUT2D eigenvalue weighted by molar-refractivity contribution is 5.85. The van der Waals surface area contributed by atoms with Crippen molar-refractivity contribution < 1.29 is 9.53 Å². The molecule has 0 spiro atoms. The van der Waals surface area contributed by atoms with Crippen LogP contribution in [0.1, 0.15) is 51.9 Å². The van der Waals surface area contributed by atoms with Crippen molar-refractivity contribution in [3.63, 3.8) is 0 Å². The lowest BCUT2D eigenvalue weighted by atomic mass is 9.97. The maximum atomic E-state index is 12.1. The molecule has 0 aromatic rings. The highest BCUT2D eigenvalue weighted by Crippen LogP contribution is 2.22. The number of carbonyl (C=O) groups excluding carboxylic acids is 1. The van der Waals surface area contributed by atoms with Crippen LogP contribution in [0.15, 0.2) is 0 Å². The molecular formula is C14H27ClN2O2. The third kappa shape index (κ3) is 5.28. The first-order valence-corrected chi connectivity index (χ1v) is 7.46. The maximum Gasteiger partial charge on any atom is 0.249 e. The van der Waals surface area contributed by atoms with Crippen molar-refractivity contribution in [2.45, 2.75) is 70.1 Å². The summed E-state index contributed by atoms with van der Waals surface area (Å²) < 4.78 is 5.98. The average Bonchev–Trinajstić information content (AvgIpc) is 2.90. The molecule has 0 bridgehead atoms. The summed E-state index contributed by atoms with van der Waals surface area (Å²) in [4.78, 5) is 12.1. The minimum absolute atomic E-state index is 0. The van der Waals surface area contributed by atoms with E-state index in [9.17, 15) is 4.79 Å². The van der Waals surface area contributed by atoms with Crippen molar-refractivity contribution in [1.82, 2.24) is 10.6 Å². The number of halogens is 1. The minimum atomic E-state index is -0.256. The fourth-order valence-electron chi connectivity index (χ4n) is 2.85.